The van der Waals surface area contributed by atoms with Gasteiger partial charge in [0.15, 0.2) is 6.10 Å². The number of Topliss-reactive ketones (excluding diaryl/α,β-unsaturated/α-hetero) is 1. The molecule has 1 aliphatic carbocycles. The van der Waals surface area contributed by atoms with E-state index >= 15 is 0 Å². The minimum atomic E-state index is -1.04. The van der Waals surface area contributed by atoms with E-state index in [1.54, 1.807) is 49.4 Å². The summed E-state index contributed by atoms with van der Waals surface area (Å²) in [6.45, 7) is 6.90. The first-order valence-electron chi connectivity index (χ1n) is 17.7. The fourth-order valence-corrected chi connectivity index (χ4v) is 7.10. The molecule has 0 radical (unpaired) electrons. The van der Waals surface area contributed by atoms with E-state index in [1.165, 1.54) is 44.6 Å². The zero-order chi connectivity index (χ0) is 40.2. The summed E-state index contributed by atoms with van der Waals surface area (Å²) in [4.78, 5) is 80.5. The number of allylic oxidation sites excluding steroid dienone is 4. The molecular formula is C41H47N3O10S. The highest BCUT2D eigenvalue weighted by atomic mass is 32.1. The van der Waals surface area contributed by atoms with Gasteiger partial charge < -0.3 is 35.3 Å². The number of carbonyl (C=O) groups excluding carboxylic acids is 6. The van der Waals surface area contributed by atoms with Crippen molar-refractivity contribution in [2.75, 3.05) is 14.2 Å². The van der Waals surface area contributed by atoms with Crippen LogP contribution in [0.4, 0.5) is 4.79 Å². The number of rotatable bonds is 8. The van der Waals surface area contributed by atoms with E-state index in [0.717, 1.165) is 11.0 Å². The molecule has 0 fully saturated rings. The molecule has 3 amide bonds. The molecule has 0 saturated carbocycles. The topological polar surface area (TPSA) is 189 Å². The largest absolute Gasteiger partial charge is 0.459 e. The van der Waals surface area contributed by atoms with Crippen molar-refractivity contribution in [1.82, 2.24) is 10.6 Å². The number of benzene rings is 1. The first-order chi connectivity index (χ1) is 26.2. The van der Waals surface area contributed by atoms with Gasteiger partial charge >= 0.3 is 12.1 Å². The zero-order valence-corrected chi connectivity index (χ0v) is 32.5. The van der Waals surface area contributed by atoms with Gasteiger partial charge in [0.05, 0.1) is 23.9 Å². The van der Waals surface area contributed by atoms with Crippen LogP contribution in [0.5, 0.6) is 0 Å². The van der Waals surface area contributed by atoms with Crippen molar-refractivity contribution >= 4 is 46.8 Å². The molecule has 14 heteroatoms. The van der Waals surface area contributed by atoms with Crippen LogP contribution >= 0.6 is 11.3 Å². The Hall–Kier alpha value is -5.44. The van der Waals surface area contributed by atoms with E-state index in [1.807, 2.05) is 31.4 Å². The Kier molecular flexibility index (Phi) is 15.2. The van der Waals surface area contributed by atoms with Gasteiger partial charge in [-0.3, -0.25) is 24.0 Å². The number of methoxy groups -OCH3 is 2. The lowest BCUT2D eigenvalue weighted by Crippen LogP contribution is -2.40. The van der Waals surface area contributed by atoms with Crippen molar-refractivity contribution in [2.24, 2.45) is 17.6 Å². The third-order valence-electron chi connectivity index (χ3n) is 9.20. The Bertz CT molecular complexity index is 1910. The average Bonchev–Trinajstić information content (AvgIpc) is 3.66. The summed E-state index contributed by atoms with van der Waals surface area (Å²) in [6, 6.07) is 11.9. The number of ketones is 2. The maximum Gasteiger partial charge on any atom is 0.405 e. The Morgan fingerprint density at radius 2 is 1.71 bits per heavy atom. The van der Waals surface area contributed by atoms with Gasteiger partial charge in [-0.05, 0) is 61.8 Å². The van der Waals surface area contributed by atoms with Crippen molar-refractivity contribution in [1.29, 1.82) is 0 Å². The lowest BCUT2D eigenvalue weighted by atomic mass is 9.85. The van der Waals surface area contributed by atoms with Gasteiger partial charge in [0.2, 0.25) is 11.6 Å². The van der Waals surface area contributed by atoms with Crippen LogP contribution in [0.2, 0.25) is 0 Å². The number of hydrogen-bond acceptors (Lipinski definition) is 11. The third-order valence-corrected chi connectivity index (χ3v) is 10.1. The molecular weight excluding hydrogens is 727 g/mol. The van der Waals surface area contributed by atoms with Crippen LogP contribution in [-0.2, 0) is 44.5 Å². The molecule has 2 aromatic rings. The number of esters is 1. The summed E-state index contributed by atoms with van der Waals surface area (Å²) >= 11 is 1.42. The molecule has 2 bridgehead atoms. The number of primary amides is 1. The lowest BCUT2D eigenvalue weighted by Gasteiger charge is -2.32. The number of amides is 3. The summed E-state index contributed by atoms with van der Waals surface area (Å²) < 4.78 is 23.3. The highest BCUT2D eigenvalue weighted by Gasteiger charge is 2.36. The van der Waals surface area contributed by atoms with Crippen molar-refractivity contribution < 1.29 is 47.7 Å². The fourth-order valence-electron chi connectivity index (χ4n) is 6.41. The molecule has 0 spiro atoms. The number of thiophene rings is 1. The van der Waals surface area contributed by atoms with Crippen molar-refractivity contribution in [3.05, 3.63) is 117 Å². The average molecular weight is 774 g/mol. The molecule has 13 nitrogen and oxygen atoms in total. The third kappa shape index (κ3) is 11.5. The van der Waals surface area contributed by atoms with Gasteiger partial charge in [0, 0.05) is 47.8 Å². The molecule has 1 aromatic carbocycles. The van der Waals surface area contributed by atoms with Crippen molar-refractivity contribution in [3.8, 4) is 0 Å². The number of carbonyl (C=O) groups is 6. The van der Waals surface area contributed by atoms with E-state index in [-0.39, 0.29) is 47.4 Å². The monoisotopic (exact) mass is 773 g/mol. The van der Waals surface area contributed by atoms with E-state index in [4.69, 9.17) is 24.7 Å². The van der Waals surface area contributed by atoms with Crippen LogP contribution < -0.4 is 16.4 Å². The van der Waals surface area contributed by atoms with Gasteiger partial charge in [0.25, 0.3) is 11.8 Å². The van der Waals surface area contributed by atoms with Gasteiger partial charge in [0.1, 0.15) is 12.2 Å². The first kappa shape index (κ1) is 42.3. The molecule has 6 atom stereocenters. The Balaban J connectivity index is 1.81. The molecule has 1 aromatic heterocycles. The van der Waals surface area contributed by atoms with Gasteiger partial charge in [-0.15, -0.1) is 11.3 Å². The molecule has 2 heterocycles. The number of ether oxygens (including phenoxy) is 4. The molecule has 0 unspecified atom stereocenters. The maximum absolute atomic E-state index is 14.1. The number of nitrogens with one attached hydrogen (secondary N) is 2. The fraction of sp³-hybridized carbons (Fsp3) is 0.366. The molecule has 4 N–H and O–H groups in total. The Labute approximate surface area is 324 Å². The first-order valence-corrected chi connectivity index (χ1v) is 18.6. The highest BCUT2D eigenvalue weighted by molar-refractivity contribution is 7.10. The predicted molar refractivity (Wildman–Crippen MR) is 205 cm³/mol. The maximum atomic E-state index is 14.1. The standard InChI is InChI=1S/C41H47N3O10S/c1-23-18-29-35(44-40(49)27-13-8-7-9-14-27)31(45)22-30(36(29)47)43-39(48)24(2)12-10-16-32(51-5)37(54-41(42)50)25(3)20-26(4)38(33(19-23)52-6)53-34(46)21-28-15-11-17-55-28/h7-17,20,22-23,26,32-33,37-38H,18-19,21H2,1-6H3,(H2,42,50)(H,43,48)(H,44,49)/b16-10-,24-12+,25-20+/t23-,26+,32+,33+,37+,38+/m1/s1. The van der Waals surface area contributed by atoms with Crippen molar-refractivity contribution in [3.63, 3.8) is 0 Å². The van der Waals surface area contributed by atoms with Crippen LogP contribution in [0, 0.1) is 11.8 Å². The van der Waals surface area contributed by atoms with Crippen LogP contribution in [0.3, 0.4) is 0 Å². The summed E-state index contributed by atoms with van der Waals surface area (Å²) in [5, 5.41) is 7.04. The number of hydrogen-bond donors (Lipinski definition) is 3. The Morgan fingerprint density at radius 3 is 2.35 bits per heavy atom. The van der Waals surface area contributed by atoms with E-state index in [0.29, 0.717) is 5.57 Å². The summed E-state index contributed by atoms with van der Waals surface area (Å²) in [6.07, 6.45) is 3.06. The van der Waals surface area contributed by atoms with Gasteiger partial charge in [-0.1, -0.05) is 62.4 Å². The molecule has 2 aliphatic rings. The van der Waals surface area contributed by atoms with Crippen molar-refractivity contribution in [2.45, 2.75) is 71.4 Å². The molecule has 55 heavy (non-hydrogen) atoms. The second kappa shape index (κ2) is 19.8. The van der Waals surface area contributed by atoms with E-state index < -0.39 is 71.7 Å². The van der Waals surface area contributed by atoms with Crippen LogP contribution in [-0.4, -0.2) is 74.1 Å². The minimum absolute atomic E-state index is 0.00159. The SMILES string of the molecule is CO[C@H]1/C=C\C=C(/C)C(=O)NC2=CC(=O)C(NC(=O)c3ccccc3)=C(C[C@@H](C)C[C@H](OC)[C@@H](OC(=O)Cc3cccs3)[C@@H](C)/C=C(\C)[C@@H]1OC(N)=O)C2=O. The van der Waals surface area contributed by atoms with Crippen LogP contribution in [0.25, 0.3) is 0 Å². The van der Waals surface area contributed by atoms with Crippen LogP contribution in [0.1, 0.15) is 55.8 Å². The summed E-state index contributed by atoms with van der Waals surface area (Å²) in [5.41, 5.74) is 6.00. The van der Waals surface area contributed by atoms with Crippen LogP contribution in [0.15, 0.2) is 106 Å². The quantitative estimate of drug-likeness (QED) is 0.186. The second-order valence-electron chi connectivity index (χ2n) is 13.5. The molecule has 1 aliphatic heterocycles. The van der Waals surface area contributed by atoms with E-state index in [9.17, 15) is 28.8 Å². The zero-order valence-electron chi connectivity index (χ0n) is 31.7. The normalized spacial score (nSPS) is 26.7. The van der Waals surface area contributed by atoms with Gasteiger partial charge in [-0.2, -0.15) is 0 Å². The molecule has 292 valence electrons. The molecule has 0 saturated heterocycles. The van der Waals surface area contributed by atoms with E-state index in [2.05, 4.69) is 10.6 Å². The number of nitrogens with two attached hydrogens (primary N) is 1. The Morgan fingerprint density at radius 1 is 0.982 bits per heavy atom. The summed E-state index contributed by atoms with van der Waals surface area (Å²) in [5.74, 6) is -3.98. The second-order valence-corrected chi connectivity index (χ2v) is 14.5. The summed E-state index contributed by atoms with van der Waals surface area (Å²) in [7, 11) is 2.89. The minimum Gasteiger partial charge on any atom is -0.459 e. The molecule has 4 rings (SSSR count). The predicted octanol–water partition coefficient (Wildman–Crippen LogP) is 5.05. The number of fused-ring (bicyclic) bond motifs is 2. The highest BCUT2D eigenvalue weighted by Crippen LogP contribution is 2.30. The van der Waals surface area contributed by atoms with Gasteiger partial charge in [-0.25, -0.2) is 4.79 Å². The lowest BCUT2D eigenvalue weighted by molar-refractivity contribution is -0.159. The smallest absolute Gasteiger partial charge is 0.405 e.